The van der Waals surface area contributed by atoms with Crippen LogP contribution in [0.1, 0.15) is 46.1 Å². The summed E-state index contributed by atoms with van der Waals surface area (Å²) in [5.74, 6) is -0.880. The van der Waals surface area contributed by atoms with Crippen LogP contribution in [0.4, 0.5) is 4.79 Å². The van der Waals surface area contributed by atoms with Crippen LogP contribution in [-0.4, -0.2) is 47.1 Å². The Hall–Kier alpha value is -2.57. The van der Waals surface area contributed by atoms with E-state index in [-0.39, 0.29) is 12.5 Å². The molecule has 1 aromatic carbocycles. The molecule has 1 heterocycles. The number of hydrogen-bond donors (Lipinski definition) is 1. The van der Waals surface area contributed by atoms with Gasteiger partial charge in [-0.25, -0.2) is 9.59 Å². The van der Waals surface area contributed by atoms with Gasteiger partial charge >= 0.3 is 12.1 Å². The van der Waals surface area contributed by atoms with E-state index in [0.717, 1.165) is 5.56 Å². The van der Waals surface area contributed by atoms with Crippen molar-refractivity contribution < 1.29 is 23.9 Å². The lowest BCUT2D eigenvalue weighted by atomic mass is 10.1. The number of nitrogens with one attached hydrogen (secondary N) is 1. The van der Waals surface area contributed by atoms with Crippen LogP contribution in [0.5, 0.6) is 0 Å². The van der Waals surface area contributed by atoms with Crippen LogP contribution < -0.4 is 5.32 Å². The minimum atomic E-state index is -0.792. The highest BCUT2D eigenvalue weighted by molar-refractivity contribution is 5.89. The third-order valence-corrected chi connectivity index (χ3v) is 4.11. The van der Waals surface area contributed by atoms with Gasteiger partial charge in [0.15, 0.2) is 0 Å². The predicted octanol–water partition coefficient (Wildman–Crippen LogP) is 2.63. The van der Waals surface area contributed by atoms with Crippen LogP contribution in [-0.2, 0) is 25.7 Å². The van der Waals surface area contributed by atoms with Crippen LogP contribution in [0.25, 0.3) is 0 Å². The summed E-state index contributed by atoms with van der Waals surface area (Å²) >= 11 is 0. The molecule has 2 atom stereocenters. The van der Waals surface area contributed by atoms with Gasteiger partial charge < -0.3 is 14.8 Å². The molecule has 1 N–H and O–H groups in total. The number of carbonyl (C=O) groups is 3. The van der Waals surface area contributed by atoms with E-state index in [1.54, 1.807) is 27.7 Å². The third kappa shape index (κ3) is 6.27. The minimum Gasteiger partial charge on any atom is -0.458 e. The topological polar surface area (TPSA) is 84.9 Å². The van der Waals surface area contributed by atoms with E-state index in [1.807, 2.05) is 30.3 Å². The van der Waals surface area contributed by atoms with Crippen LogP contribution in [0.15, 0.2) is 30.3 Å². The zero-order valence-corrected chi connectivity index (χ0v) is 16.4. The molecule has 27 heavy (non-hydrogen) atoms. The first-order chi connectivity index (χ1) is 12.7. The number of amides is 2. The Morgan fingerprint density at radius 3 is 2.52 bits per heavy atom. The Morgan fingerprint density at radius 2 is 1.89 bits per heavy atom. The van der Waals surface area contributed by atoms with Crippen molar-refractivity contribution in [3.05, 3.63) is 35.9 Å². The average Bonchev–Trinajstić information content (AvgIpc) is 3.09. The lowest BCUT2D eigenvalue weighted by Gasteiger charge is -2.26. The molecule has 0 unspecified atom stereocenters. The molecule has 7 heteroatoms. The van der Waals surface area contributed by atoms with Crippen molar-refractivity contribution in [2.75, 3.05) is 6.54 Å². The molecule has 1 aliphatic heterocycles. The highest BCUT2D eigenvalue weighted by Gasteiger charge is 2.36. The molecule has 1 aliphatic rings. The summed E-state index contributed by atoms with van der Waals surface area (Å²) in [6, 6.07) is 7.92. The number of likely N-dealkylation sites (tertiary alicyclic amines) is 1. The first-order valence-electron chi connectivity index (χ1n) is 9.18. The molecular weight excluding hydrogens is 348 g/mol. The van der Waals surface area contributed by atoms with Crippen molar-refractivity contribution >= 4 is 18.0 Å². The van der Waals surface area contributed by atoms with E-state index in [2.05, 4.69) is 5.32 Å². The summed E-state index contributed by atoms with van der Waals surface area (Å²) in [6.07, 6.45) is 0.716. The van der Waals surface area contributed by atoms with Crippen LogP contribution in [0.3, 0.4) is 0 Å². The summed E-state index contributed by atoms with van der Waals surface area (Å²) in [4.78, 5) is 38.4. The molecule has 2 rings (SSSR count). The number of ether oxygens (including phenoxy) is 2. The zero-order valence-electron chi connectivity index (χ0n) is 16.4. The summed E-state index contributed by atoms with van der Waals surface area (Å²) in [6.45, 7) is 7.47. The van der Waals surface area contributed by atoms with E-state index in [4.69, 9.17) is 9.47 Å². The average molecular weight is 376 g/mol. The Morgan fingerprint density at radius 1 is 1.22 bits per heavy atom. The van der Waals surface area contributed by atoms with Crippen LogP contribution in [0, 0.1) is 0 Å². The first kappa shape index (κ1) is 20.7. The highest BCUT2D eigenvalue weighted by atomic mass is 16.6. The summed E-state index contributed by atoms with van der Waals surface area (Å²) in [5, 5.41) is 2.64. The molecule has 0 spiro atoms. The molecule has 0 radical (unpaired) electrons. The number of esters is 1. The minimum absolute atomic E-state index is 0.152. The van der Waals surface area contributed by atoms with E-state index >= 15 is 0 Å². The van der Waals surface area contributed by atoms with Gasteiger partial charge in [-0.15, -0.1) is 0 Å². The van der Waals surface area contributed by atoms with E-state index in [1.165, 1.54) is 4.90 Å². The Balaban J connectivity index is 1.89. The SMILES string of the molecule is C[C@H](NC(=O)[C@@H]1CCCN1C(=O)OCc1ccccc1)C(=O)OC(C)(C)C. The highest BCUT2D eigenvalue weighted by Crippen LogP contribution is 2.19. The largest absolute Gasteiger partial charge is 0.458 e. The third-order valence-electron chi connectivity index (χ3n) is 4.11. The maximum atomic E-state index is 12.5. The van der Waals surface area contributed by atoms with Gasteiger partial charge in [0.1, 0.15) is 24.3 Å². The molecule has 0 aromatic heterocycles. The van der Waals surface area contributed by atoms with Gasteiger partial charge in [0.25, 0.3) is 0 Å². The molecule has 1 saturated heterocycles. The van der Waals surface area contributed by atoms with Gasteiger partial charge in [-0.3, -0.25) is 9.69 Å². The number of benzene rings is 1. The van der Waals surface area contributed by atoms with E-state index in [9.17, 15) is 14.4 Å². The fourth-order valence-electron chi connectivity index (χ4n) is 2.82. The Kier molecular flexibility index (Phi) is 6.82. The van der Waals surface area contributed by atoms with Crippen LogP contribution in [0.2, 0.25) is 0 Å². The van der Waals surface area contributed by atoms with Crippen molar-refractivity contribution in [2.45, 2.75) is 64.8 Å². The molecule has 0 bridgehead atoms. The molecule has 0 saturated carbocycles. The van der Waals surface area contributed by atoms with Crippen LogP contribution >= 0.6 is 0 Å². The molecule has 1 fully saturated rings. The second-order valence-electron chi connectivity index (χ2n) is 7.66. The first-order valence-corrected chi connectivity index (χ1v) is 9.18. The lowest BCUT2D eigenvalue weighted by molar-refractivity contribution is -0.158. The monoisotopic (exact) mass is 376 g/mol. The number of hydrogen-bond acceptors (Lipinski definition) is 5. The van der Waals surface area contributed by atoms with Gasteiger partial charge in [-0.2, -0.15) is 0 Å². The number of nitrogens with zero attached hydrogens (tertiary/aromatic N) is 1. The maximum absolute atomic E-state index is 12.5. The molecular formula is C20H28N2O5. The predicted molar refractivity (Wildman–Crippen MR) is 99.8 cm³/mol. The fourth-order valence-corrected chi connectivity index (χ4v) is 2.82. The van der Waals surface area contributed by atoms with Crippen molar-refractivity contribution in [2.24, 2.45) is 0 Å². The molecule has 0 aliphatic carbocycles. The smallest absolute Gasteiger partial charge is 0.410 e. The number of carbonyl (C=O) groups excluding carboxylic acids is 3. The second kappa shape index (κ2) is 8.88. The molecule has 2 amide bonds. The van der Waals surface area contributed by atoms with Gasteiger partial charge in [0, 0.05) is 6.54 Å². The summed E-state index contributed by atoms with van der Waals surface area (Å²) in [7, 11) is 0. The Bertz CT molecular complexity index is 669. The summed E-state index contributed by atoms with van der Waals surface area (Å²) < 4.78 is 10.6. The number of rotatable bonds is 5. The normalized spacial score (nSPS) is 17.9. The maximum Gasteiger partial charge on any atom is 0.410 e. The second-order valence-corrected chi connectivity index (χ2v) is 7.66. The fraction of sp³-hybridized carbons (Fsp3) is 0.550. The zero-order chi connectivity index (χ0) is 20.0. The van der Waals surface area contributed by atoms with Crippen molar-refractivity contribution in [3.8, 4) is 0 Å². The van der Waals surface area contributed by atoms with Gasteiger partial charge in [0.05, 0.1) is 0 Å². The Labute approximate surface area is 160 Å². The van der Waals surface area contributed by atoms with Gasteiger partial charge in [-0.1, -0.05) is 30.3 Å². The van der Waals surface area contributed by atoms with Crippen molar-refractivity contribution in [1.82, 2.24) is 10.2 Å². The molecule has 7 nitrogen and oxygen atoms in total. The van der Waals surface area contributed by atoms with Crippen molar-refractivity contribution in [3.63, 3.8) is 0 Å². The molecule has 1 aromatic rings. The van der Waals surface area contributed by atoms with Gasteiger partial charge in [0.2, 0.25) is 5.91 Å². The van der Waals surface area contributed by atoms with Crippen molar-refractivity contribution in [1.29, 1.82) is 0 Å². The lowest BCUT2D eigenvalue weighted by Crippen LogP contribution is -2.51. The summed E-state index contributed by atoms with van der Waals surface area (Å²) in [5.41, 5.74) is 0.251. The van der Waals surface area contributed by atoms with Gasteiger partial charge in [-0.05, 0) is 46.1 Å². The standard InChI is InChI=1S/C20H28N2O5/c1-14(18(24)27-20(2,3)4)21-17(23)16-11-8-12-22(16)19(25)26-13-15-9-6-5-7-10-15/h5-7,9-10,14,16H,8,11-13H2,1-4H3,(H,21,23)/t14-,16-/m0/s1. The molecule has 148 valence electrons. The van der Waals surface area contributed by atoms with E-state index in [0.29, 0.717) is 19.4 Å². The van der Waals surface area contributed by atoms with E-state index < -0.39 is 29.7 Å². The quantitative estimate of drug-likeness (QED) is 0.799.